The molecule has 20 heavy (non-hydrogen) atoms. The molecule has 0 spiro atoms. The van der Waals surface area contributed by atoms with E-state index in [1.807, 2.05) is 19.4 Å². The van der Waals surface area contributed by atoms with Crippen molar-refractivity contribution in [3.8, 4) is 0 Å². The van der Waals surface area contributed by atoms with Crippen LogP contribution in [0.4, 0.5) is 11.4 Å². The van der Waals surface area contributed by atoms with Crippen LogP contribution in [0.5, 0.6) is 0 Å². The van der Waals surface area contributed by atoms with Crippen LogP contribution in [0.15, 0.2) is 36.7 Å². The van der Waals surface area contributed by atoms with Crippen molar-refractivity contribution in [3.63, 3.8) is 0 Å². The number of aromatic nitrogens is 2. The highest BCUT2D eigenvalue weighted by molar-refractivity contribution is 5.70. The maximum atomic E-state index is 4.36. The molecule has 1 aromatic carbocycles. The Bertz CT molecular complexity index is 555. The molecule has 2 aromatic rings. The van der Waals surface area contributed by atoms with Gasteiger partial charge in [-0.05, 0) is 31.4 Å². The molecule has 2 heterocycles. The van der Waals surface area contributed by atoms with Crippen molar-refractivity contribution in [3.05, 3.63) is 42.5 Å². The van der Waals surface area contributed by atoms with Crippen molar-refractivity contribution in [1.29, 1.82) is 0 Å². The fourth-order valence-electron chi connectivity index (χ4n) is 2.77. The Morgan fingerprint density at radius 1 is 1.15 bits per heavy atom. The minimum absolute atomic E-state index is 0.758. The molecule has 0 saturated carbocycles. The molecular formula is C16H22N4. The van der Waals surface area contributed by atoms with Crippen LogP contribution >= 0.6 is 0 Å². The summed E-state index contributed by atoms with van der Waals surface area (Å²) in [6.07, 6.45) is 7.78. The molecule has 4 nitrogen and oxygen atoms in total. The number of imidazole rings is 1. The van der Waals surface area contributed by atoms with Gasteiger partial charge in [-0.2, -0.15) is 0 Å². The molecule has 1 fully saturated rings. The molecule has 1 aliphatic rings. The number of benzene rings is 1. The summed E-state index contributed by atoms with van der Waals surface area (Å²) in [7, 11) is 2.03. The van der Waals surface area contributed by atoms with Gasteiger partial charge >= 0.3 is 0 Å². The second-order valence-corrected chi connectivity index (χ2v) is 5.37. The minimum atomic E-state index is 0.758. The average molecular weight is 270 g/mol. The van der Waals surface area contributed by atoms with Crippen LogP contribution in [0.2, 0.25) is 0 Å². The van der Waals surface area contributed by atoms with Gasteiger partial charge in [-0.3, -0.25) is 0 Å². The van der Waals surface area contributed by atoms with Gasteiger partial charge in [0.25, 0.3) is 0 Å². The quantitative estimate of drug-likeness (QED) is 0.927. The summed E-state index contributed by atoms with van der Waals surface area (Å²) in [6, 6.07) is 8.59. The van der Waals surface area contributed by atoms with E-state index in [-0.39, 0.29) is 0 Å². The Kier molecular flexibility index (Phi) is 3.90. The maximum Gasteiger partial charge on any atom is 0.127 e. The Morgan fingerprint density at radius 2 is 1.95 bits per heavy atom. The van der Waals surface area contributed by atoms with E-state index < -0.39 is 0 Å². The molecule has 0 aliphatic carbocycles. The van der Waals surface area contributed by atoms with E-state index >= 15 is 0 Å². The number of rotatable bonds is 4. The van der Waals surface area contributed by atoms with Gasteiger partial charge in [0.2, 0.25) is 0 Å². The SMILES string of the molecule is Cn1ccnc1CNc1ccccc1N1CCCCC1. The summed E-state index contributed by atoms with van der Waals surface area (Å²) in [5.41, 5.74) is 2.53. The number of nitrogens with one attached hydrogen (secondary N) is 1. The topological polar surface area (TPSA) is 33.1 Å². The summed E-state index contributed by atoms with van der Waals surface area (Å²) in [4.78, 5) is 6.85. The second-order valence-electron chi connectivity index (χ2n) is 5.37. The predicted molar refractivity (Wildman–Crippen MR) is 83.0 cm³/mol. The zero-order valence-electron chi connectivity index (χ0n) is 12.0. The fourth-order valence-corrected chi connectivity index (χ4v) is 2.77. The maximum absolute atomic E-state index is 4.36. The third-order valence-electron chi connectivity index (χ3n) is 3.96. The molecule has 0 unspecified atom stereocenters. The number of hydrogen-bond acceptors (Lipinski definition) is 3. The molecule has 0 atom stereocenters. The van der Waals surface area contributed by atoms with Crippen molar-refractivity contribution in [2.75, 3.05) is 23.3 Å². The molecule has 4 heteroatoms. The number of aryl methyl sites for hydroxylation is 1. The highest BCUT2D eigenvalue weighted by Crippen LogP contribution is 2.28. The first-order valence-corrected chi connectivity index (χ1v) is 7.38. The van der Waals surface area contributed by atoms with Crippen molar-refractivity contribution < 1.29 is 0 Å². The number of nitrogens with zero attached hydrogens (tertiary/aromatic N) is 3. The molecular weight excluding hydrogens is 248 g/mol. The number of piperidine rings is 1. The molecule has 1 aromatic heterocycles. The summed E-state index contributed by atoms with van der Waals surface area (Å²) < 4.78 is 2.05. The Morgan fingerprint density at radius 3 is 2.70 bits per heavy atom. The van der Waals surface area contributed by atoms with Crippen LogP contribution in [0, 0.1) is 0 Å². The smallest absolute Gasteiger partial charge is 0.127 e. The lowest BCUT2D eigenvalue weighted by atomic mass is 10.1. The van der Waals surface area contributed by atoms with Crippen molar-refractivity contribution in [2.45, 2.75) is 25.8 Å². The van der Waals surface area contributed by atoms with Crippen molar-refractivity contribution in [2.24, 2.45) is 7.05 Å². The van der Waals surface area contributed by atoms with E-state index in [9.17, 15) is 0 Å². The highest BCUT2D eigenvalue weighted by atomic mass is 15.2. The fraction of sp³-hybridized carbons (Fsp3) is 0.438. The van der Waals surface area contributed by atoms with Gasteiger partial charge in [-0.1, -0.05) is 12.1 Å². The molecule has 3 rings (SSSR count). The molecule has 0 amide bonds. The van der Waals surface area contributed by atoms with Gasteiger partial charge in [-0.15, -0.1) is 0 Å². The van der Waals surface area contributed by atoms with E-state index in [2.05, 4.69) is 44.0 Å². The van der Waals surface area contributed by atoms with Gasteiger partial charge in [0.15, 0.2) is 0 Å². The largest absolute Gasteiger partial charge is 0.376 e. The van der Waals surface area contributed by atoms with Gasteiger partial charge < -0.3 is 14.8 Å². The number of para-hydroxylation sites is 2. The molecule has 1 aliphatic heterocycles. The third kappa shape index (κ3) is 2.79. The minimum Gasteiger partial charge on any atom is -0.376 e. The molecule has 106 valence electrons. The number of hydrogen-bond donors (Lipinski definition) is 1. The summed E-state index contributed by atoms with van der Waals surface area (Å²) in [5.74, 6) is 1.05. The van der Waals surface area contributed by atoms with Gasteiger partial charge in [-0.25, -0.2) is 4.98 Å². The van der Waals surface area contributed by atoms with Crippen LogP contribution < -0.4 is 10.2 Å². The zero-order valence-corrected chi connectivity index (χ0v) is 12.0. The Hall–Kier alpha value is -1.97. The van der Waals surface area contributed by atoms with E-state index in [1.165, 1.54) is 43.7 Å². The second kappa shape index (κ2) is 5.99. The molecule has 1 saturated heterocycles. The van der Waals surface area contributed by atoms with Crippen molar-refractivity contribution in [1.82, 2.24) is 9.55 Å². The monoisotopic (exact) mass is 270 g/mol. The summed E-state index contributed by atoms with van der Waals surface area (Å²) in [6.45, 7) is 3.09. The van der Waals surface area contributed by atoms with E-state index in [4.69, 9.17) is 0 Å². The first-order valence-electron chi connectivity index (χ1n) is 7.38. The van der Waals surface area contributed by atoms with E-state index in [1.54, 1.807) is 0 Å². The lowest BCUT2D eigenvalue weighted by Crippen LogP contribution is -2.30. The van der Waals surface area contributed by atoms with Gasteiger partial charge in [0.1, 0.15) is 5.82 Å². The highest BCUT2D eigenvalue weighted by Gasteiger charge is 2.14. The molecule has 0 radical (unpaired) electrons. The van der Waals surface area contributed by atoms with Crippen LogP contribution in [0.1, 0.15) is 25.1 Å². The standard InChI is InChI=1S/C16H22N4/c1-19-12-9-17-16(19)13-18-14-7-3-4-8-15(14)20-10-5-2-6-11-20/h3-4,7-9,12,18H,2,5-6,10-11,13H2,1H3. The average Bonchev–Trinajstić information content (AvgIpc) is 2.92. The molecule has 0 bridgehead atoms. The van der Waals surface area contributed by atoms with Crippen LogP contribution in [0.25, 0.3) is 0 Å². The van der Waals surface area contributed by atoms with Gasteiger partial charge in [0, 0.05) is 32.5 Å². The van der Waals surface area contributed by atoms with E-state index in [0.717, 1.165) is 12.4 Å². The first-order chi connectivity index (χ1) is 9.84. The Balaban J connectivity index is 1.74. The van der Waals surface area contributed by atoms with Gasteiger partial charge in [0.05, 0.1) is 17.9 Å². The third-order valence-corrected chi connectivity index (χ3v) is 3.96. The summed E-state index contributed by atoms with van der Waals surface area (Å²) >= 11 is 0. The first kappa shape index (κ1) is 13.0. The molecule has 1 N–H and O–H groups in total. The van der Waals surface area contributed by atoms with Crippen LogP contribution in [0.3, 0.4) is 0 Å². The van der Waals surface area contributed by atoms with Crippen LogP contribution in [-0.4, -0.2) is 22.6 Å². The van der Waals surface area contributed by atoms with Crippen molar-refractivity contribution >= 4 is 11.4 Å². The zero-order chi connectivity index (χ0) is 13.8. The normalized spacial score (nSPS) is 15.3. The summed E-state index contributed by atoms with van der Waals surface area (Å²) in [5, 5.41) is 3.53. The predicted octanol–water partition coefficient (Wildman–Crippen LogP) is 3.02. The van der Waals surface area contributed by atoms with Crippen LogP contribution in [-0.2, 0) is 13.6 Å². The van der Waals surface area contributed by atoms with E-state index in [0.29, 0.717) is 0 Å². The lowest BCUT2D eigenvalue weighted by Gasteiger charge is -2.30. The lowest BCUT2D eigenvalue weighted by molar-refractivity contribution is 0.578. The Labute approximate surface area is 120 Å². The number of anilines is 2.